The van der Waals surface area contributed by atoms with Crippen molar-refractivity contribution < 1.29 is 13.6 Å². The highest BCUT2D eigenvalue weighted by molar-refractivity contribution is 6.07. The quantitative estimate of drug-likeness (QED) is 0.710. The summed E-state index contributed by atoms with van der Waals surface area (Å²) >= 11 is 0. The maximum atomic E-state index is 13.4. The summed E-state index contributed by atoms with van der Waals surface area (Å²) in [5.74, 6) is -0.306. The molecule has 0 radical (unpaired) electrons. The average Bonchev–Trinajstić information content (AvgIpc) is 2.86. The molecule has 0 atom stereocenters. The molecule has 0 saturated heterocycles. The molecule has 0 fully saturated rings. The van der Waals surface area contributed by atoms with Crippen LogP contribution >= 0.6 is 0 Å². The van der Waals surface area contributed by atoms with Crippen molar-refractivity contribution in [2.75, 3.05) is 11.4 Å². The van der Waals surface area contributed by atoms with Crippen LogP contribution in [0.1, 0.15) is 23.0 Å². The molecule has 4 heteroatoms. The zero-order valence-electron chi connectivity index (χ0n) is 12.5. The summed E-state index contributed by atoms with van der Waals surface area (Å²) in [4.78, 5) is 14.4. The minimum atomic E-state index is -0.342. The lowest BCUT2D eigenvalue weighted by molar-refractivity contribution is 0.0963. The molecule has 0 spiro atoms. The summed E-state index contributed by atoms with van der Waals surface area (Å²) in [5.41, 5.74) is 1.99. The topological polar surface area (TPSA) is 33.5 Å². The Hall–Kier alpha value is -2.62. The van der Waals surface area contributed by atoms with E-state index in [1.54, 1.807) is 17.9 Å². The number of furan rings is 1. The first-order valence-electron chi connectivity index (χ1n) is 7.17. The molecule has 0 bridgehead atoms. The largest absolute Gasteiger partial charge is 0.451 e. The van der Waals surface area contributed by atoms with Crippen molar-refractivity contribution in [1.29, 1.82) is 0 Å². The molecule has 2 aromatic carbocycles. The minimum absolute atomic E-state index is 0.220. The molecular weight excluding hydrogens is 281 g/mol. The van der Waals surface area contributed by atoms with Gasteiger partial charge in [0, 0.05) is 23.2 Å². The first-order valence-corrected chi connectivity index (χ1v) is 7.17. The van der Waals surface area contributed by atoms with Gasteiger partial charge in [-0.05, 0) is 44.2 Å². The van der Waals surface area contributed by atoms with Gasteiger partial charge in [-0.3, -0.25) is 4.79 Å². The van der Waals surface area contributed by atoms with Crippen LogP contribution in [-0.2, 0) is 0 Å². The molecule has 0 aliphatic heterocycles. The van der Waals surface area contributed by atoms with Crippen LogP contribution in [0.15, 0.2) is 52.9 Å². The third kappa shape index (κ3) is 2.37. The first-order chi connectivity index (χ1) is 10.6. The Morgan fingerprint density at radius 2 is 1.91 bits per heavy atom. The lowest BCUT2D eigenvalue weighted by Crippen LogP contribution is -2.30. The number of halogens is 1. The lowest BCUT2D eigenvalue weighted by Gasteiger charge is -2.20. The predicted molar refractivity (Wildman–Crippen MR) is 84.7 cm³/mol. The average molecular weight is 297 g/mol. The monoisotopic (exact) mass is 297 g/mol. The Labute approximate surface area is 128 Å². The first kappa shape index (κ1) is 14.3. The fourth-order valence-electron chi connectivity index (χ4n) is 2.57. The third-order valence-electron chi connectivity index (χ3n) is 3.72. The van der Waals surface area contributed by atoms with E-state index in [9.17, 15) is 9.18 Å². The maximum absolute atomic E-state index is 13.4. The van der Waals surface area contributed by atoms with Crippen molar-refractivity contribution >= 4 is 22.6 Å². The smallest absolute Gasteiger partial charge is 0.294 e. The number of hydrogen-bond donors (Lipinski definition) is 0. The van der Waals surface area contributed by atoms with Gasteiger partial charge in [-0.1, -0.05) is 18.2 Å². The van der Waals surface area contributed by atoms with Gasteiger partial charge in [0.05, 0.1) is 0 Å². The highest BCUT2D eigenvalue weighted by Gasteiger charge is 2.23. The second-order valence-electron chi connectivity index (χ2n) is 5.08. The van der Waals surface area contributed by atoms with E-state index in [0.29, 0.717) is 23.1 Å². The Balaban J connectivity index is 2.06. The molecule has 1 aromatic heterocycles. The van der Waals surface area contributed by atoms with Crippen LogP contribution in [0, 0.1) is 12.7 Å². The number of rotatable bonds is 3. The number of anilines is 1. The Kier molecular flexibility index (Phi) is 3.67. The van der Waals surface area contributed by atoms with Gasteiger partial charge in [-0.2, -0.15) is 0 Å². The molecule has 0 aliphatic carbocycles. The fraction of sp³-hybridized carbons (Fsp3) is 0.167. The highest BCUT2D eigenvalue weighted by Crippen LogP contribution is 2.28. The molecule has 0 N–H and O–H groups in total. The number of amides is 1. The molecule has 1 heterocycles. The van der Waals surface area contributed by atoms with Crippen LogP contribution in [0.3, 0.4) is 0 Å². The number of fused-ring (bicyclic) bond motifs is 1. The van der Waals surface area contributed by atoms with Crippen molar-refractivity contribution in [2.24, 2.45) is 0 Å². The molecule has 3 nitrogen and oxygen atoms in total. The molecule has 3 rings (SSSR count). The van der Waals surface area contributed by atoms with Gasteiger partial charge < -0.3 is 9.32 Å². The molecule has 112 valence electrons. The number of benzene rings is 2. The predicted octanol–water partition coefficient (Wildman–Crippen LogP) is 4.55. The van der Waals surface area contributed by atoms with E-state index in [2.05, 4.69) is 0 Å². The van der Waals surface area contributed by atoms with Crippen LogP contribution in [0.2, 0.25) is 0 Å². The Morgan fingerprint density at radius 1 is 1.18 bits per heavy atom. The fourth-order valence-corrected chi connectivity index (χ4v) is 2.57. The zero-order valence-corrected chi connectivity index (χ0v) is 12.5. The van der Waals surface area contributed by atoms with Crippen molar-refractivity contribution in [2.45, 2.75) is 13.8 Å². The Bertz CT molecular complexity index is 824. The number of carbonyl (C=O) groups is 1. The van der Waals surface area contributed by atoms with Crippen molar-refractivity contribution in [3.05, 3.63) is 65.7 Å². The van der Waals surface area contributed by atoms with Crippen LogP contribution in [0.4, 0.5) is 10.1 Å². The van der Waals surface area contributed by atoms with E-state index in [1.807, 2.05) is 37.3 Å². The van der Waals surface area contributed by atoms with Crippen LogP contribution in [0.5, 0.6) is 0 Å². The van der Waals surface area contributed by atoms with Gasteiger partial charge in [0.15, 0.2) is 5.76 Å². The van der Waals surface area contributed by atoms with Gasteiger partial charge in [0.25, 0.3) is 5.91 Å². The van der Waals surface area contributed by atoms with E-state index >= 15 is 0 Å². The van der Waals surface area contributed by atoms with E-state index in [1.165, 1.54) is 12.1 Å². The molecule has 1 amide bonds. The second-order valence-corrected chi connectivity index (χ2v) is 5.08. The highest BCUT2D eigenvalue weighted by atomic mass is 19.1. The molecule has 0 saturated carbocycles. The summed E-state index contributed by atoms with van der Waals surface area (Å²) < 4.78 is 19.0. The van der Waals surface area contributed by atoms with E-state index in [4.69, 9.17) is 4.42 Å². The lowest BCUT2D eigenvalue weighted by atomic mass is 10.1. The standard InChI is InChI=1S/C18H16FNO2/c1-3-20(14-7-5-4-6-8-14)18(21)17-12(2)15-11-13(19)9-10-16(15)22-17/h4-11H,3H2,1-2H3. The summed E-state index contributed by atoms with van der Waals surface area (Å²) in [6.07, 6.45) is 0. The number of nitrogens with zero attached hydrogens (tertiary/aromatic N) is 1. The van der Waals surface area contributed by atoms with Gasteiger partial charge in [0.2, 0.25) is 0 Å². The van der Waals surface area contributed by atoms with Gasteiger partial charge >= 0.3 is 0 Å². The molecule has 0 unspecified atom stereocenters. The Morgan fingerprint density at radius 3 is 2.59 bits per heavy atom. The minimum Gasteiger partial charge on any atom is -0.451 e. The molecule has 22 heavy (non-hydrogen) atoms. The van der Waals surface area contributed by atoms with E-state index < -0.39 is 0 Å². The van der Waals surface area contributed by atoms with Gasteiger partial charge in [0.1, 0.15) is 11.4 Å². The second kappa shape index (κ2) is 5.64. The number of carbonyl (C=O) groups excluding carboxylic acids is 1. The molecule has 0 aliphatic rings. The zero-order chi connectivity index (χ0) is 15.7. The van der Waals surface area contributed by atoms with Crippen molar-refractivity contribution in [3.63, 3.8) is 0 Å². The maximum Gasteiger partial charge on any atom is 0.294 e. The van der Waals surface area contributed by atoms with Crippen molar-refractivity contribution in [1.82, 2.24) is 0 Å². The number of para-hydroxylation sites is 1. The van der Waals surface area contributed by atoms with Crippen LogP contribution in [-0.4, -0.2) is 12.5 Å². The third-order valence-corrected chi connectivity index (χ3v) is 3.72. The van der Waals surface area contributed by atoms with Gasteiger partial charge in [-0.25, -0.2) is 4.39 Å². The van der Waals surface area contributed by atoms with E-state index in [-0.39, 0.29) is 17.5 Å². The summed E-state index contributed by atoms with van der Waals surface area (Å²) in [5, 5.41) is 0.632. The van der Waals surface area contributed by atoms with Crippen molar-refractivity contribution in [3.8, 4) is 0 Å². The summed E-state index contributed by atoms with van der Waals surface area (Å²) in [6.45, 7) is 4.20. The summed E-state index contributed by atoms with van der Waals surface area (Å²) in [7, 11) is 0. The summed E-state index contributed by atoms with van der Waals surface area (Å²) in [6, 6.07) is 13.7. The number of hydrogen-bond acceptors (Lipinski definition) is 2. The molecular formula is C18H16FNO2. The normalized spacial score (nSPS) is 10.9. The SMILES string of the molecule is CCN(C(=O)c1oc2ccc(F)cc2c1C)c1ccccc1. The van der Waals surface area contributed by atoms with Crippen LogP contribution < -0.4 is 4.90 Å². The molecule has 3 aromatic rings. The van der Waals surface area contributed by atoms with Gasteiger partial charge in [-0.15, -0.1) is 0 Å². The van der Waals surface area contributed by atoms with Crippen LogP contribution in [0.25, 0.3) is 11.0 Å². The van der Waals surface area contributed by atoms with E-state index in [0.717, 1.165) is 5.69 Å². The number of aryl methyl sites for hydroxylation is 1.